The van der Waals surface area contributed by atoms with E-state index in [-0.39, 0.29) is 0 Å². The molecule has 0 radical (unpaired) electrons. The molecule has 0 saturated heterocycles. The van der Waals surface area contributed by atoms with Crippen molar-refractivity contribution in [3.63, 3.8) is 0 Å². The normalized spacial score (nSPS) is 11.2. The van der Waals surface area contributed by atoms with Crippen LogP contribution in [0.1, 0.15) is 22.7 Å². The predicted octanol–water partition coefficient (Wildman–Crippen LogP) is 4.60. The number of aromatic nitrogens is 1. The second-order valence-electron chi connectivity index (χ2n) is 4.84. The quantitative estimate of drug-likeness (QED) is 0.690. The number of hydrogen-bond acceptors (Lipinski definition) is 3. The molecule has 2 rings (SSSR count). The minimum atomic E-state index is 0.505. The fourth-order valence-corrected chi connectivity index (χ4v) is 3.33. The van der Waals surface area contributed by atoms with Gasteiger partial charge in [0, 0.05) is 23.4 Å². The smallest absolute Gasteiger partial charge is 0.0929 e. The van der Waals surface area contributed by atoms with Crippen LogP contribution in [0.5, 0.6) is 0 Å². The van der Waals surface area contributed by atoms with Crippen LogP contribution in [-0.4, -0.2) is 23.5 Å². The first-order valence-corrected chi connectivity index (χ1v) is 8.39. The molecule has 0 atom stereocenters. The lowest BCUT2D eigenvalue weighted by molar-refractivity contribution is 0.322. The Kier molecular flexibility index (Phi) is 6.30. The zero-order chi connectivity index (χ0) is 14.4. The van der Waals surface area contributed by atoms with Crippen LogP contribution < -0.4 is 0 Å². The molecule has 1 heterocycles. The van der Waals surface area contributed by atoms with E-state index in [1.807, 2.05) is 23.6 Å². The molecular formula is C15H18Cl2N2S. The van der Waals surface area contributed by atoms with Crippen molar-refractivity contribution < 1.29 is 0 Å². The van der Waals surface area contributed by atoms with Gasteiger partial charge in [0.15, 0.2) is 0 Å². The van der Waals surface area contributed by atoms with Crippen LogP contribution in [0.2, 0.25) is 5.02 Å². The van der Waals surface area contributed by atoms with Gasteiger partial charge in [-0.25, -0.2) is 4.98 Å². The van der Waals surface area contributed by atoms with Crippen LogP contribution in [0.3, 0.4) is 0 Å². The van der Waals surface area contributed by atoms with Crippen LogP contribution in [0.15, 0.2) is 29.6 Å². The zero-order valence-corrected chi connectivity index (χ0v) is 13.8. The van der Waals surface area contributed by atoms with Crippen molar-refractivity contribution >= 4 is 34.5 Å². The number of thiazole rings is 1. The zero-order valence-electron chi connectivity index (χ0n) is 11.5. The molecule has 5 heteroatoms. The molecule has 0 N–H and O–H groups in total. The third-order valence-electron chi connectivity index (χ3n) is 3.01. The first-order valence-electron chi connectivity index (χ1n) is 6.59. The Morgan fingerprint density at radius 1 is 1.35 bits per heavy atom. The van der Waals surface area contributed by atoms with E-state index in [1.54, 1.807) is 11.3 Å². The molecule has 2 aromatic rings. The van der Waals surface area contributed by atoms with Crippen molar-refractivity contribution in [2.75, 3.05) is 13.6 Å². The Labute approximate surface area is 134 Å². The molecule has 0 amide bonds. The highest BCUT2D eigenvalue weighted by Gasteiger charge is 2.04. The van der Waals surface area contributed by atoms with E-state index < -0.39 is 0 Å². The van der Waals surface area contributed by atoms with Crippen molar-refractivity contribution in [2.24, 2.45) is 0 Å². The number of aryl methyl sites for hydroxylation is 1. The molecule has 0 aliphatic carbocycles. The van der Waals surface area contributed by atoms with E-state index in [0.29, 0.717) is 5.88 Å². The van der Waals surface area contributed by atoms with Crippen molar-refractivity contribution in [1.82, 2.24) is 9.88 Å². The predicted molar refractivity (Wildman–Crippen MR) is 87.8 cm³/mol. The minimum absolute atomic E-state index is 0.505. The molecule has 108 valence electrons. The van der Waals surface area contributed by atoms with Gasteiger partial charge in [-0.1, -0.05) is 23.7 Å². The van der Waals surface area contributed by atoms with Crippen LogP contribution in [-0.2, 0) is 18.8 Å². The summed E-state index contributed by atoms with van der Waals surface area (Å²) in [5.41, 5.74) is 2.23. The lowest BCUT2D eigenvalue weighted by Gasteiger charge is -2.16. The number of rotatable bonds is 7. The summed E-state index contributed by atoms with van der Waals surface area (Å²) in [6, 6.07) is 8.03. The van der Waals surface area contributed by atoms with Crippen LogP contribution in [0.25, 0.3) is 0 Å². The molecule has 20 heavy (non-hydrogen) atoms. The third-order valence-corrected chi connectivity index (χ3v) is 4.47. The summed E-state index contributed by atoms with van der Waals surface area (Å²) in [6.45, 7) is 1.97. The second kappa shape index (κ2) is 7.99. The number of nitrogens with zero attached hydrogens (tertiary/aromatic N) is 2. The Morgan fingerprint density at radius 3 is 2.90 bits per heavy atom. The Balaban J connectivity index is 1.73. The molecule has 0 spiro atoms. The SMILES string of the molecule is CN(CCCc1nc(CCl)cs1)Cc1cccc(Cl)c1. The van der Waals surface area contributed by atoms with E-state index in [9.17, 15) is 0 Å². The van der Waals surface area contributed by atoms with E-state index in [1.165, 1.54) is 10.6 Å². The van der Waals surface area contributed by atoms with Gasteiger partial charge in [0.1, 0.15) is 0 Å². The summed E-state index contributed by atoms with van der Waals surface area (Å²) in [4.78, 5) is 6.78. The maximum Gasteiger partial charge on any atom is 0.0929 e. The number of alkyl halides is 1. The summed E-state index contributed by atoms with van der Waals surface area (Å²) in [7, 11) is 2.13. The average molecular weight is 329 g/mol. The van der Waals surface area contributed by atoms with Gasteiger partial charge >= 0.3 is 0 Å². The van der Waals surface area contributed by atoms with Gasteiger partial charge in [0.05, 0.1) is 16.6 Å². The lowest BCUT2D eigenvalue weighted by atomic mass is 10.2. The summed E-state index contributed by atoms with van der Waals surface area (Å²) >= 11 is 13.4. The molecule has 1 aromatic carbocycles. The van der Waals surface area contributed by atoms with E-state index in [4.69, 9.17) is 23.2 Å². The highest BCUT2D eigenvalue weighted by atomic mass is 35.5. The van der Waals surface area contributed by atoms with E-state index in [2.05, 4.69) is 23.0 Å². The summed E-state index contributed by atoms with van der Waals surface area (Å²) in [5, 5.41) is 4.02. The number of halogens is 2. The molecule has 0 aliphatic heterocycles. The van der Waals surface area contributed by atoms with Gasteiger partial charge in [0.25, 0.3) is 0 Å². The monoisotopic (exact) mass is 328 g/mol. The summed E-state index contributed by atoms with van der Waals surface area (Å²) < 4.78 is 0. The van der Waals surface area contributed by atoms with Crippen LogP contribution >= 0.6 is 34.5 Å². The van der Waals surface area contributed by atoms with Gasteiger partial charge in [-0.15, -0.1) is 22.9 Å². The Morgan fingerprint density at radius 2 is 2.20 bits per heavy atom. The lowest BCUT2D eigenvalue weighted by Crippen LogP contribution is -2.19. The van der Waals surface area contributed by atoms with Crippen LogP contribution in [0.4, 0.5) is 0 Å². The van der Waals surface area contributed by atoms with Crippen LogP contribution in [0, 0.1) is 0 Å². The highest BCUT2D eigenvalue weighted by molar-refractivity contribution is 7.09. The highest BCUT2D eigenvalue weighted by Crippen LogP contribution is 2.15. The fourth-order valence-electron chi connectivity index (χ4n) is 2.05. The van der Waals surface area contributed by atoms with Gasteiger partial charge in [0.2, 0.25) is 0 Å². The molecular weight excluding hydrogens is 311 g/mol. The Bertz CT molecular complexity index is 542. The third kappa shape index (κ3) is 5.06. The molecule has 0 saturated carbocycles. The Hall–Kier alpha value is -0.610. The molecule has 1 aromatic heterocycles. The fraction of sp³-hybridized carbons (Fsp3) is 0.400. The molecule has 2 nitrogen and oxygen atoms in total. The van der Waals surface area contributed by atoms with E-state index >= 15 is 0 Å². The van der Waals surface area contributed by atoms with E-state index in [0.717, 1.165) is 36.6 Å². The largest absolute Gasteiger partial charge is 0.302 e. The second-order valence-corrected chi connectivity index (χ2v) is 6.48. The molecule has 0 fully saturated rings. The average Bonchev–Trinajstić information content (AvgIpc) is 2.86. The number of benzene rings is 1. The minimum Gasteiger partial charge on any atom is -0.302 e. The first kappa shape index (κ1) is 15.8. The van der Waals surface area contributed by atoms with Crippen molar-refractivity contribution in [3.8, 4) is 0 Å². The maximum absolute atomic E-state index is 5.99. The van der Waals surface area contributed by atoms with Gasteiger partial charge < -0.3 is 4.90 Å². The summed E-state index contributed by atoms with van der Waals surface area (Å²) in [6.07, 6.45) is 2.12. The van der Waals surface area contributed by atoms with Gasteiger partial charge in [-0.3, -0.25) is 0 Å². The molecule has 0 unspecified atom stereocenters. The van der Waals surface area contributed by atoms with Crippen molar-refractivity contribution in [1.29, 1.82) is 0 Å². The summed E-state index contributed by atoms with van der Waals surface area (Å²) in [5.74, 6) is 0.505. The maximum atomic E-state index is 5.99. The van der Waals surface area contributed by atoms with Gasteiger partial charge in [-0.05, 0) is 37.7 Å². The molecule has 0 aliphatic rings. The topological polar surface area (TPSA) is 16.1 Å². The van der Waals surface area contributed by atoms with Crippen molar-refractivity contribution in [2.45, 2.75) is 25.3 Å². The van der Waals surface area contributed by atoms with Gasteiger partial charge in [-0.2, -0.15) is 0 Å². The first-order chi connectivity index (χ1) is 9.67. The van der Waals surface area contributed by atoms with Crippen molar-refractivity contribution in [3.05, 3.63) is 50.9 Å². The molecule has 0 bridgehead atoms. The number of hydrogen-bond donors (Lipinski definition) is 0. The standard InChI is InChI=1S/C15H18Cl2N2S/c1-19(10-12-4-2-5-13(17)8-12)7-3-6-15-18-14(9-16)11-20-15/h2,4-5,8,11H,3,6-7,9-10H2,1H3.